The van der Waals surface area contributed by atoms with Crippen molar-refractivity contribution in [2.75, 3.05) is 7.11 Å². The van der Waals surface area contributed by atoms with Crippen LogP contribution in [0.2, 0.25) is 0 Å². The molecule has 0 bridgehead atoms. The van der Waals surface area contributed by atoms with E-state index in [1.165, 1.54) is 7.11 Å². The van der Waals surface area contributed by atoms with Crippen LogP contribution in [0.1, 0.15) is 12.1 Å². The van der Waals surface area contributed by atoms with Gasteiger partial charge in [-0.15, -0.1) is 0 Å². The highest BCUT2D eigenvalue weighted by atomic mass is 32.2. The normalized spacial score (nSPS) is 11.8. The van der Waals surface area contributed by atoms with Crippen LogP contribution in [0.3, 0.4) is 0 Å². The topological polar surface area (TPSA) is 82.3 Å². The Hall–Kier alpha value is -1.28. The van der Waals surface area contributed by atoms with Crippen LogP contribution >= 0.6 is 0 Å². The molecule has 1 aromatic heterocycles. The van der Waals surface area contributed by atoms with Crippen molar-refractivity contribution in [1.29, 1.82) is 0 Å². The summed E-state index contributed by atoms with van der Waals surface area (Å²) in [5.74, 6) is -0.0994. The van der Waals surface area contributed by atoms with E-state index < -0.39 is 27.0 Å². The molecule has 1 aromatic rings. The van der Waals surface area contributed by atoms with Gasteiger partial charge >= 0.3 is 0 Å². The van der Waals surface area contributed by atoms with E-state index >= 15 is 0 Å². The summed E-state index contributed by atoms with van der Waals surface area (Å²) in [5.41, 5.74) is -0.906. The van der Waals surface area contributed by atoms with Gasteiger partial charge < -0.3 is 4.74 Å². The van der Waals surface area contributed by atoms with Gasteiger partial charge in [-0.05, 0) is 6.07 Å². The van der Waals surface area contributed by atoms with Gasteiger partial charge in [0.05, 0.1) is 7.11 Å². The second kappa shape index (κ2) is 4.07. The molecule has 0 aliphatic rings. The average molecular weight is 238 g/mol. The number of halogens is 2. The zero-order chi connectivity index (χ0) is 11.6. The molecule has 15 heavy (non-hydrogen) atoms. The van der Waals surface area contributed by atoms with Crippen LogP contribution in [0.4, 0.5) is 8.78 Å². The summed E-state index contributed by atoms with van der Waals surface area (Å²) in [6.07, 6.45) is -3.03. The van der Waals surface area contributed by atoms with Crippen LogP contribution in [0.15, 0.2) is 17.0 Å². The first-order valence-electron chi connectivity index (χ1n) is 3.72. The minimum atomic E-state index is -4.20. The highest BCUT2D eigenvalue weighted by Gasteiger charge is 2.22. The quantitative estimate of drug-likeness (QED) is 0.839. The molecule has 2 N–H and O–H groups in total. The number of aromatic nitrogens is 1. The van der Waals surface area contributed by atoms with Crippen LogP contribution in [0.25, 0.3) is 0 Å². The van der Waals surface area contributed by atoms with Crippen molar-refractivity contribution in [2.45, 2.75) is 11.3 Å². The summed E-state index contributed by atoms with van der Waals surface area (Å²) < 4.78 is 51.3. The molecule has 8 heteroatoms. The molecule has 0 aliphatic carbocycles. The van der Waals surface area contributed by atoms with E-state index in [1.807, 2.05) is 0 Å². The van der Waals surface area contributed by atoms with Crippen molar-refractivity contribution in [1.82, 2.24) is 4.98 Å². The highest BCUT2D eigenvalue weighted by Crippen LogP contribution is 2.25. The fourth-order valence-corrected chi connectivity index (χ4v) is 1.64. The number of sulfonamides is 1. The van der Waals surface area contributed by atoms with Gasteiger partial charge in [-0.3, -0.25) is 0 Å². The zero-order valence-corrected chi connectivity index (χ0v) is 8.46. The largest absolute Gasteiger partial charge is 0.481 e. The van der Waals surface area contributed by atoms with Crippen LogP contribution in [-0.2, 0) is 10.0 Å². The summed E-state index contributed by atoms with van der Waals surface area (Å²) in [6.45, 7) is 0. The van der Waals surface area contributed by atoms with Gasteiger partial charge in [-0.25, -0.2) is 27.3 Å². The lowest BCUT2D eigenvalue weighted by molar-refractivity contribution is 0.141. The minimum Gasteiger partial charge on any atom is -0.481 e. The number of primary sulfonamides is 1. The van der Waals surface area contributed by atoms with E-state index in [-0.39, 0.29) is 5.88 Å². The van der Waals surface area contributed by atoms with Crippen molar-refractivity contribution < 1.29 is 21.9 Å². The fraction of sp³-hybridized carbons (Fsp3) is 0.286. The Bertz CT molecular complexity index is 461. The standard InChI is InChI=1S/C7H8F2N2O3S/c1-14-5-3-2-4(15(10,12)13)6(11-5)7(8)9/h2-3,7H,1H3,(H2,10,12,13). The average Bonchev–Trinajstić information content (AvgIpc) is 2.15. The lowest BCUT2D eigenvalue weighted by Gasteiger charge is -2.07. The summed E-state index contributed by atoms with van der Waals surface area (Å²) in [4.78, 5) is 2.63. The molecular formula is C7H8F2N2O3S. The maximum absolute atomic E-state index is 12.4. The lowest BCUT2D eigenvalue weighted by atomic mass is 10.3. The zero-order valence-electron chi connectivity index (χ0n) is 7.65. The van der Waals surface area contributed by atoms with E-state index in [2.05, 4.69) is 9.72 Å². The van der Waals surface area contributed by atoms with Crippen LogP contribution in [0.5, 0.6) is 5.88 Å². The fourth-order valence-electron chi connectivity index (χ4n) is 0.954. The van der Waals surface area contributed by atoms with E-state index in [1.54, 1.807) is 0 Å². The molecule has 0 saturated carbocycles. The van der Waals surface area contributed by atoms with Crippen LogP contribution in [0, 0.1) is 0 Å². The van der Waals surface area contributed by atoms with E-state index in [0.29, 0.717) is 0 Å². The molecule has 0 atom stereocenters. The van der Waals surface area contributed by atoms with Crippen molar-refractivity contribution >= 4 is 10.0 Å². The van der Waals surface area contributed by atoms with Gasteiger partial charge in [-0.2, -0.15) is 0 Å². The van der Waals surface area contributed by atoms with Gasteiger partial charge in [0.25, 0.3) is 6.43 Å². The Labute approximate surface area is 84.9 Å². The number of alkyl halides is 2. The highest BCUT2D eigenvalue weighted by molar-refractivity contribution is 7.89. The monoisotopic (exact) mass is 238 g/mol. The van der Waals surface area contributed by atoms with E-state index in [4.69, 9.17) is 5.14 Å². The molecule has 1 heterocycles. The second-order valence-corrected chi connectivity index (χ2v) is 4.11. The lowest BCUT2D eigenvalue weighted by Crippen LogP contribution is -2.16. The predicted molar refractivity (Wildman–Crippen MR) is 47.1 cm³/mol. The van der Waals surface area contributed by atoms with Crippen molar-refractivity contribution in [2.24, 2.45) is 5.14 Å². The van der Waals surface area contributed by atoms with Crippen molar-refractivity contribution in [3.63, 3.8) is 0 Å². The molecule has 0 fully saturated rings. The molecule has 0 unspecified atom stereocenters. The molecule has 0 aliphatic heterocycles. The molecule has 0 radical (unpaired) electrons. The molecule has 0 amide bonds. The Balaban J connectivity index is 3.41. The Kier molecular flexibility index (Phi) is 3.20. The van der Waals surface area contributed by atoms with Crippen molar-refractivity contribution in [3.8, 4) is 5.88 Å². The number of nitrogens with zero attached hydrogens (tertiary/aromatic N) is 1. The number of hydrogen-bond acceptors (Lipinski definition) is 4. The molecule has 0 saturated heterocycles. The molecular weight excluding hydrogens is 230 g/mol. The second-order valence-electron chi connectivity index (χ2n) is 2.58. The molecule has 84 valence electrons. The smallest absolute Gasteiger partial charge is 0.281 e. The summed E-state index contributed by atoms with van der Waals surface area (Å²) >= 11 is 0. The van der Waals surface area contributed by atoms with Gasteiger partial charge in [0.1, 0.15) is 10.6 Å². The Morgan fingerprint density at radius 3 is 2.47 bits per heavy atom. The first-order valence-corrected chi connectivity index (χ1v) is 5.26. The van der Waals surface area contributed by atoms with Gasteiger partial charge in [-0.1, -0.05) is 0 Å². The van der Waals surface area contributed by atoms with Gasteiger partial charge in [0, 0.05) is 6.07 Å². The number of nitrogens with two attached hydrogens (primary N) is 1. The third-order valence-electron chi connectivity index (χ3n) is 1.58. The van der Waals surface area contributed by atoms with Crippen LogP contribution < -0.4 is 9.88 Å². The molecule has 5 nitrogen and oxygen atoms in total. The predicted octanol–water partition coefficient (Wildman–Crippen LogP) is 0.675. The third kappa shape index (κ3) is 2.60. The van der Waals surface area contributed by atoms with Gasteiger partial charge in [0.2, 0.25) is 15.9 Å². The van der Waals surface area contributed by atoms with Gasteiger partial charge in [0.15, 0.2) is 0 Å². The Morgan fingerprint density at radius 2 is 2.07 bits per heavy atom. The SMILES string of the molecule is COc1ccc(S(N)(=O)=O)c(C(F)F)n1. The summed E-state index contributed by atoms with van der Waals surface area (Å²) in [5, 5.41) is 4.74. The molecule has 0 aromatic carbocycles. The van der Waals surface area contributed by atoms with Crippen molar-refractivity contribution in [3.05, 3.63) is 17.8 Å². The number of methoxy groups -OCH3 is 1. The maximum atomic E-state index is 12.4. The number of pyridine rings is 1. The first-order chi connectivity index (χ1) is 6.86. The minimum absolute atomic E-state index is 0.0994. The molecule has 0 spiro atoms. The number of rotatable bonds is 3. The van der Waals surface area contributed by atoms with Crippen LogP contribution in [-0.4, -0.2) is 20.5 Å². The summed E-state index contributed by atoms with van der Waals surface area (Å²) in [6, 6.07) is 2.08. The first kappa shape index (κ1) is 11.8. The third-order valence-corrected chi connectivity index (χ3v) is 2.54. The maximum Gasteiger partial charge on any atom is 0.281 e. The summed E-state index contributed by atoms with van der Waals surface area (Å²) in [7, 11) is -2.97. The number of hydrogen-bond donors (Lipinski definition) is 1. The molecule has 1 rings (SSSR count). The number of ether oxygens (including phenoxy) is 1. The van der Waals surface area contributed by atoms with E-state index in [0.717, 1.165) is 12.1 Å². The Morgan fingerprint density at radius 1 is 1.47 bits per heavy atom. The van der Waals surface area contributed by atoms with E-state index in [9.17, 15) is 17.2 Å².